The van der Waals surface area contributed by atoms with Crippen molar-refractivity contribution in [3.63, 3.8) is 0 Å². The van der Waals surface area contributed by atoms with Gasteiger partial charge in [-0.3, -0.25) is 4.79 Å². The van der Waals surface area contributed by atoms with E-state index in [2.05, 4.69) is 20.6 Å². The molecule has 1 amide bonds. The SMILES string of the molecule is COc1cc2ncnc(Nc3ccc(NC(=O)/C=C/c4ccc(Cl)cc4)cc3)c2cc1OC. The Hall–Kier alpha value is -4.10. The van der Waals surface area contributed by atoms with Gasteiger partial charge in [-0.25, -0.2) is 9.97 Å². The van der Waals surface area contributed by atoms with Crippen LogP contribution in [0.3, 0.4) is 0 Å². The molecule has 0 radical (unpaired) electrons. The van der Waals surface area contributed by atoms with E-state index in [-0.39, 0.29) is 5.91 Å². The lowest BCUT2D eigenvalue weighted by molar-refractivity contribution is -0.111. The molecule has 0 spiro atoms. The Bertz CT molecular complexity index is 1310. The van der Waals surface area contributed by atoms with Gasteiger partial charge < -0.3 is 20.1 Å². The van der Waals surface area contributed by atoms with Gasteiger partial charge in [0.15, 0.2) is 11.5 Å². The van der Waals surface area contributed by atoms with Crippen molar-refractivity contribution >= 4 is 51.7 Å². The van der Waals surface area contributed by atoms with Gasteiger partial charge >= 0.3 is 0 Å². The fourth-order valence-electron chi connectivity index (χ4n) is 3.19. The van der Waals surface area contributed by atoms with E-state index in [1.54, 1.807) is 38.5 Å². The van der Waals surface area contributed by atoms with Gasteiger partial charge in [0.05, 0.1) is 19.7 Å². The van der Waals surface area contributed by atoms with E-state index in [0.29, 0.717) is 28.0 Å². The Morgan fingerprint density at radius 2 is 1.58 bits per heavy atom. The average molecular weight is 461 g/mol. The van der Waals surface area contributed by atoms with Crippen LogP contribution in [0.1, 0.15) is 5.56 Å². The number of hydrogen-bond donors (Lipinski definition) is 2. The largest absolute Gasteiger partial charge is 0.493 e. The minimum Gasteiger partial charge on any atom is -0.493 e. The summed E-state index contributed by atoms with van der Waals surface area (Å²) in [5, 5.41) is 7.56. The van der Waals surface area contributed by atoms with Crippen LogP contribution in [-0.2, 0) is 4.79 Å². The Balaban J connectivity index is 1.46. The molecule has 0 bridgehead atoms. The summed E-state index contributed by atoms with van der Waals surface area (Å²) in [4.78, 5) is 20.9. The number of hydrogen-bond acceptors (Lipinski definition) is 6. The van der Waals surface area contributed by atoms with Crippen molar-refractivity contribution < 1.29 is 14.3 Å². The van der Waals surface area contributed by atoms with Gasteiger partial charge in [-0.15, -0.1) is 0 Å². The molecule has 0 aliphatic rings. The molecule has 7 nitrogen and oxygen atoms in total. The minimum absolute atomic E-state index is 0.228. The van der Waals surface area contributed by atoms with Gasteiger partial charge in [-0.2, -0.15) is 0 Å². The number of fused-ring (bicyclic) bond motifs is 1. The number of ether oxygens (including phenoxy) is 2. The van der Waals surface area contributed by atoms with Crippen LogP contribution in [0, 0.1) is 0 Å². The van der Waals surface area contributed by atoms with Gasteiger partial charge in [0, 0.05) is 33.9 Å². The molecule has 4 aromatic rings. The van der Waals surface area contributed by atoms with Crippen molar-refractivity contribution in [1.29, 1.82) is 0 Å². The molecule has 1 heterocycles. The van der Waals surface area contributed by atoms with Crippen LogP contribution in [0.25, 0.3) is 17.0 Å². The van der Waals surface area contributed by atoms with E-state index >= 15 is 0 Å². The van der Waals surface area contributed by atoms with Crippen molar-refractivity contribution in [3.05, 3.63) is 83.7 Å². The maximum Gasteiger partial charge on any atom is 0.248 e. The lowest BCUT2D eigenvalue weighted by Gasteiger charge is -2.12. The molecule has 8 heteroatoms. The monoisotopic (exact) mass is 460 g/mol. The van der Waals surface area contributed by atoms with Crippen LogP contribution in [0.5, 0.6) is 11.5 Å². The van der Waals surface area contributed by atoms with E-state index < -0.39 is 0 Å². The summed E-state index contributed by atoms with van der Waals surface area (Å²) in [6.45, 7) is 0. The third-order valence-corrected chi connectivity index (χ3v) is 5.10. The second-order valence-electron chi connectivity index (χ2n) is 7.02. The molecule has 4 rings (SSSR count). The summed E-state index contributed by atoms with van der Waals surface area (Å²) < 4.78 is 10.7. The van der Waals surface area contributed by atoms with E-state index in [4.69, 9.17) is 21.1 Å². The van der Waals surface area contributed by atoms with Crippen molar-refractivity contribution in [2.24, 2.45) is 0 Å². The molecule has 0 atom stereocenters. The highest BCUT2D eigenvalue weighted by molar-refractivity contribution is 6.30. The van der Waals surface area contributed by atoms with E-state index in [0.717, 1.165) is 22.2 Å². The molecule has 0 fully saturated rings. The predicted molar refractivity (Wildman–Crippen MR) is 131 cm³/mol. The summed E-state index contributed by atoms with van der Waals surface area (Å²) in [5.74, 6) is 1.59. The highest BCUT2D eigenvalue weighted by Crippen LogP contribution is 2.34. The average Bonchev–Trinajstić information content (AvgIpc) is 2.84. The summed E-state index contributed by atoms with van der Waals surface area (Å²) in [5.41, 5.74) is 3.09. The molecule has 1 aromatic heterocycles. The van der Waals surface area contributed by atoms with Crippen LogP contribution in [0.2, 0.25) is 5.02 Å². The molecule has 0 saturated heterocycles. The van der Waals surface area contributed by atoms with Crippen LogP contribution >= 0.6 is 11.6 Å². The first-order chi connectivity index (χ1) is 16.1. The fourth-order valence-corrected chi connectivity index (χ4v) is 3.31. The Kier molecular flexibility index (Phi) is 6.71. The van der Waals surface area contributed by atoms with Gasteiger partial charge in [0.2, 0.25) is 5.91 Å². The molecule has 0 saturated carbocycles. The lowest BCUT2D eigenvalue weighted by atomic mass is 10.2. The van der Waals surface area contributed by atoms with Gasteiger partial charge in [0.1, 0.15) is 12.1 Å². The summed E-state index contributed by atoms with van der Waals surface area (Å²) in [7, 11) is 3.16. The fraction of sp³-hybridized carbons (Fsp3) is 0.0800. The maximum absolute atomic E-state index is 12.2. The molecule has 166 valence electrons. The standard InChI is InChI=1S/C25H21ClN4O3/c1-32-22-13-20-21(14-23(22)33-2)27-15-28-25(20)30-19-10-8-18(9-11-19)29-24(31)12-5-16-3-6-17(26)7-4-16/h3-15H,1-2H3,(H,29,31)(H,27,28,30)/b12-5+. The highest BCUT2D eigenvalue weighted by atomic mass is 35.5. The molecule has 2 N–H and O–H groups in total. The third-order valence-electron chi connectivity index (χ3n) is 4.85. The number of nitrogens with one attached hydrogen (secondary N) is 2. The van der Waals surface area contributed by atoms with Crippen LogP contribution in [-0.4, -0.2) is 30.1 Å². The van der Waals surface area contributed by atoms with Crippen molar-refractivity contribution in [1.82, 2.24) is 9.97 Å². The number of methoxy groups -OCH3 is 2. The lowest BCUT2D eigenvalue weighted by Crippen LogP contribution is -2.07. The smallest absolute Gasteiger partial charge is 0.248 e. The quantitative estimate of drug-likeness (QED) is 0.344. The number of halogens is 1. The Morgan fingerprint density at radius 1 is 0.909 bits per heavy atom. The summed E-state index contributed by atoms with van der Waals surface area (Å²) in [6.07, 6.45) is 4.69. The molecule has 0 aliphatic carbocycles. The second kappa shape index (κ2) is 10.0. The Morgan fingerprint density at radius 3 is 2.27 bits per heavy atom. The number of carbonyl (C=O) groups excluding carboxylic acids is 1. The molecule has 0 aliphatic heterocycles. The topological polar surface area (TPSA) is 85.4 Å². The van der Waals surface area contributed by atoms with Crippen LogP contribution in [0.4, 0.5) is 17.2 Å². The molecule has 3 aromatic carbocycles. The molecule has 0 unspecified atom stereocenters. The number of aromatic nitrogens is 2. The number of anilines is 3. The normalized spacial score (nSPS) is 10.9. The Labute approximate surface area is 196 Å². The predicted octanol–water partition coefficient (Wildman–Crippen LogP) is 5.70. The second-order valence-corrected chi connectivity index (χ2v) is 7.46. The first kappa shape index (κ1) is 22.1. The third kappa shape index (κ3) is 5.39. The number of rotatable bonds is 7. The van der Waals surface area contributed by atoms with Crippen molar-refractivity contribution in [2.45, 2.75) is 0 Å². The van der Waals surface area contributed by atoms with Crippen LogP contribution < -0.4 is 20.1 Å². The zero-order valence-corrected chi connectivity index (χ0v) is 18.8. The number of nitrogens with zero attached hydrogens (tertiary/aromatic N) is 2. The number of benzene rings is 3. The van der Waals surface area contributed by atoms with E-state index in [9.17, 15) is 4.79 Å². The first-order valence-corrected chi connectivity index (χ1v) is 10.4. The molecular formula is C25H21ClN4O3. The number of amides is 1. The van der Waals surface area contributed by atoms with E-state index in [1.165, 1.54) is 12.4 Å². The zero-order chi connectivity index (χ0) is 23.2. The van der Waals surface area contributed by atoms with E-state index in [1.807, 2.05) is 42.5 Å². The number of carbonyl (C=O) groups is 1. The van der Waals surface area contributed by atoms with Crippen molar-refractivity contribution in [3.8, 4) is 11.5 Å². The first-order valence-electron chi connectivity index (χ1n) is 10.0. The van der Waals surface area contributed by atoms with Crippen LogP contribution in [0.15, 0.2) is 73.1 Å². The van der Waals surface area contributed by atoms with Gasteiger partial charge in [0.25, 0.3) is 0 Å². The molecule has 33 heavy (non-hydrogen) atoms. The van der Waals surface area contributed by atoms with Gasteiger partial charge in [-0.05, 0) is 54.1 Å². The van der Waals surface area contributed by atoms with Crippen molar-refractivity contribution in [2.75, 3.05) is 24.9 Å². The summed E-state index contributed by atoms with van der Waals surface area (Å²) >= 11 is 5.87. The maximum atomic E-state index is 12.2. The highest BCUT2D eigenvalue weighted by Gasteiger charge is 2.11. The molecular weight excluding hydrogens is 440 g/mol. The van der Waals surface area contributed by atoms with Gasteiger partial charge in [-0.1, -0.05) is 23.7 Å². The summed E-state index contributed by atoms with van der Waals surface area (Å²) in [6, 6.07) is 18.2. The zero-order valence-electron chi connectivity index (χ0n) is 18.0. The minimum atomic E-state index is -0.228.